The van der Waals surface area contributed by atoms with Crippen molar-refractivity contribution in [2.75, 3.05) is 19.7 Å². The highest BCUT2D eigenvalue weighted by atomic mass is 19.1. The Hall–Kier alpha value is -1.16. The van der Waals surface area contributed by atoms with Crippen molar-refractivity contribution in [3.05, 3.63) is 29.8 Å². The molecule has 2 atom stereocenters. The first-order valence-corrected chi connectivity index (χ1v) is 5.53. The zero-order chi connectivity index (χ0) is 11.1. The summed E-state index contributed by atoms with van der Waals surface area (Å²) in [7, 11) is 0. The van der Waals surface area contributed by atoms with Crippen molar-refractivity contribution in [3.8, 4) is 5.75 Å². The van der Waals surface area contributed by atoms with Crippen LogP contribution in [0, 0.1) is 29.4 Å². The first kappa shape index (κ1) is 10.0. The van der Waals surface area contributed by atoms with Crippen molar-refractivity contribution in [2.24, 2.45) is 17.8 Å². The molecule has 1 aromatic rings. The Labute approximate surface area is 92.6 Å². The van der Waals surface area contributed by atoms with Gasteiger partial charge in [0.25, 0.3) is 0 Å². The van der Waals surface area contributed by atoms with E-state index < -0.39 is 11.6 Å². The lowest BCUT2D eigenvalue weighted by atomic mass is 10.3. The fraction of sp³-hybridized carbons (Fsp3) is 0.500. The molecule has 16 heavy (non-hydrogen) atoms. The molecule has 86 valence electrons. The second kappa shape index (κ2) is 3.70. The summed E-state index contributed by atoms with van der Waals surface area (Å²) in [5, 5.41) is 3.29. The van der Waals surface area contributed by atoms with Crippen LogP contribution in [-0.4, -0.2) is 19.7 Å². The van der Waals surface area contributed by atoms with Gasteiger partial charge in [0.1, 0.15) is 17.4 Å². The predicted octanol–water partition coefficient (Wildman–Crippen LogP) is 1.81. The zero-order valence-electron chi connectivity index (χ0n) is 8.75. The quantitative estimate of drug-likeness (QED) is 0.847. The lowest BCUT2D eigenvalue weighted by molar-refractivity contribution is 0.278. The molecular weight excluding hydrogens is 212 g/mol. The summed E-state index contributed by atoms with van der Waals surface area (Å²) in [6.07, 6.45) is 0. The van der Waals surface area contributed by atoms with E-state index in [0.717, 1.165) is 19.2 Å². The Morgan fingerprint density at radius 3 is 2.38 bits per heavy atom. The number of nitrogens with one attached hydrogen (secondary N) is 1. The van der Waals surface area contributed by atoms with Gasteiger partial charge >= 0.3 is 0 Å². The number of ether oxygens (including phenoxy) is 1. The molecule has 1 aromatic carbocycles. The fourth-order valence-electron chi connectivity index (χ4n) is 2.60. The molecule has 2 fully saturated rings. The number of piperidine rings is 1. The summed E-state index contributed by atoms with van der Waals surface area (Å²) in [6.45, 7) is 2.67. The topological polar surface area (TPSA) is 21.3 Å². The molecule has 1 N–H and O–H groups in total. The second-order valence-corrected chi connectivity index (χ2v) is 4.57. The van der Waals surface area contributed by atoms with Gasteiger partial charge in [0, 0.05) is 24.1 Å². The molecule has 1 aliphatic carbocycles. The maximum Gasteiger partial charge on any atom is 0.129 e. The van der Waals surface area contributed by atoms with Crippen molar-refractivity contribution < 1.29 is 13.5 Å². The van der Waals surface area contributed by atoms with E-state index in [4.69, 9.17) is 4.74 Å². The second-order valence-electron chi connectivity index (χ2n) is 4.57. The van der Waals surface area contributed by atoms with E-state index >= 15 is 0 Å². The van der Waals surface area contributed by atoms with Crippen LogP contribution in [0.25, 0.3) is 0 Å². The van der Waals surface area contributed by atoms with Gasteiger partial charge in [0.05, 0.1) is 6.61 Å². The molecule has 4 heteroatoms. The average molecular weight is 225 g/mol. The molecule has 0 radical (unpaired) electrons. The summed E-state index contributed by atoms with van der Waals surface area (Å²) in [6, 6.07) is 3.29. The third kappa shape index (κ3) is 1.78. The van der Waals surface area contributed by atoms with Gasteiger partial charge < -0.3 is 10.1 Å². The van der Waals surface area contributed by atoms with Gasteiger partial charge in [-0.1, -0.05) is 0 Å². The number of hydrogen-bond donors (Lipinski definition) is 1. The minimum absolute atomic E-state index is 0.287. The minimum Gasteiger partial charge on any atom is -0.493 e. The van der Waals surface area contributed by atoms with E-state index in [1.165, 1.54) is 12.1 Å². The molecule has 0 aromatic heterocycles. The van der Waals surface area contributed by atoms with Crippen LogP contribution in [0.3, 0.4) is 0 Å². The summed E-state index contributed by atoms with van der Waals surface area (Å²) >= 11 is 0. The van der Waals surface area contributed by atoms with Crippen LogP contribution in [0.5, 0.6) is 5.75 Å². The number of rotatable bonds is 3. The average Bonchev–Trinajstić information content (AvgIpc) is 2.68. The smallest absolute Gasteiger partial charge is 0.129 e. The maximum absolute atomic E-state index is 12.9. The summed E-state index contributed by atoms with van der Waals surface area (Å²) in [5.74, 6) is 1.08. The molecular formula is C12H13F2NO. The Morgan fingerprint density at radius 2 is 1.75 bits per heavy atom. The molecule has 2 nitrogen and oxygen atoms in total. The van der Waals surface area contributed by atoms with Gasteiger partial charge in [-0.15, -0.1) is 0 Å². The van der Waals surface area contributed by atoms with Crippen molar-refractivity contribution in [2.45, 2.75) is 0 Å². The van der Waals surface area contributed by atoms with Crippen LogP contribution in [0.1, 0.15) is 0 Å². The summed E-state index contributed by atoms with van der Waals surface area (Å²) in [5.41, 5.74) is 0. The maximum atomic E-state index is 12.9. The molecule has 1 heterocycles. The van der Waals surface area contributed by atoms with Crippen molar-refractivity contribution >= 4 is 0 Å². The molecule has 2 aliphatic rings. The van der Waals surface area contributed by atoms with E-state index in [0.29, 0.717) is 24.4 Å². The van der Waals surface area contributed by atoms with Gasteiger partial charge in [0.2, 0.25) is 0 Å². The largest absolute Gasteiger partial charge is 0.493 e. The first-order chi connectivity index (χ1) is 7.74. The number of benzene rings is 1. The third-order valence-electron chi connectivity index (χ3n) is 3.55. The highest BCUT2D eigenvalue weighted by Crippen LogP contribution is 2.48. The Bertz CT molecular complexity index is 380. The van der Waals surface area contributed by atoms with Crippen LogP contribution in [0.15, 0.2) is 18.2 Å². The van der Waals surface area contributed by atoms with Gasteiger partial charge in [-0.2, -0.15) is 0 Å². The van der Waals surface area contributed by atoms with Gasteiger partial charge in [-0.05, 0) is 24.9 Å². The van der Waals surface area contributed by atoms with Crippen LogP contribution >= 0.6 is 0 Å². The van der Waals surface area contributed by atoms with Crippen LogP contribution in [0.4, 0.5) is 8.78 Å². The SMILES string of the molecule is Fc1cc(F)cc(OCC2C3CNCC32)c1. The Kier molecular flexibility index (Phi) is 2.32. The van der Waals surface area contributed by atoms with Gasteiger partial charge in [-0.3, -0.25) is 0 Å². The van der Waals surface area contributed by atoms with Crippen LogP contribution in [-0.2, 0) is 0 Å². The molecule has 3 rings (SSSR count). The molecule has 0 bridgehead atoms. The fourth-order valence-corrected chi connectivity index (χ4v) is 2.60. The van der Waals surface area contributed by atoms with Crippen molar-refractivity contribution in [1.29, 1.82) is 0 Å². The summed E-state index contributed by atoms with van der Waals surface area (Å²) in [4.78, 5) is 0. The monoisotopic (exact) mass is 225 g/mol. The summed E-state index contributed by atoms with van der Waals surface area (Å²) < 4.78 is 31.2. The molecule has 1 saturated carbocycles. The highest BCUT2D eigenvalue weighted by Gasteiger charge is 2.52. The van der Waals surface area contributed by atoms with E-state index in [9.17, 15) is 8.78 Å². The highest BCUT2D eigenvalue weighted by molar-refractivity contribution is 5.24. The standard InChI is InChI=1S/C12H13F2NO/c13-7-1-8(14)3-9(2-7)16-6-12-10-4-15-5-11(10)12/h1-3,10-12,15H,4-6H2. The van der Waals surface area contributed by atoms with E-state index in [-0.39, 0.29) is 5.75 Å². The molecule has 0 spiro atoms. The Morgan fingerprint density at radius 1 is 1.12 bits per heavy atom. The number of hydrogen-bond acceptors (Lipinski definition) is 2. The first-order valence-electron chi connectivity index (χ1n) is 5.53. The number of halogens is 2. The van der Waals surface area contributed by atoms with E-state index in [1.54, 1.807) is 0 Å². The minimum atomic E-state index is -0.590. The Balaban J connectivity index is 1.58. The predicted molar refractivity (Wildman–Crippen MR) is 55.2 cm³/mol. The van der Waals surface area contributed by atoms with Gasteiger partial charge in [0.15, 0.2) is 0 Å². The van der Waals surface area contributed by atoms with Gasteiger partial charge in [-0.25, -0.2) is 8.78 Å². The molecule has 0 amide bonds. The lowest BCUT2D eigenvalue weighted by Crippen LogP contribution is -2.17. The molecule has 2 unspecified atom stereocenters. The van der Waals surface area contributed by atoms with E-state index in [1.807, 2.05) is 0 Å². The normalized spacial score (nSPS) is 31.2. The van der Waals surface area contributed by atoms with Crippen LogP contribution in [0.2, 0.25) is 0 Å². The van der Waals surface area contributed by atoms with Crippen LogP contribution < -0.4 is 10.1 Å². The lowest BCUT2D eigenvalue weighted by Gasteiger charge is -2.08. The van der Waals surface area contributed by atoms with Crippen molar-refractivity contribution in [1.82, 2.24) is 5.32 Å². The third-order valence-corrected chi connectivity index (χ3v) is 3.55. The van der Waals surface area contributed by atoms with E-state index in [2.05, 4.69) is 5.32 Å². The zero-order valence-corrected chi connectivity index (χ0v) is 8.75. The number of fused-ring (bicyclic) bond motifs is 1. The molecule has 1 aliphatic heterocycles. The van der Waals surface area contributed by atoms with Crippen molar-refractivity contribution in [3.63, 3.8) is 0 Å². The molecule has 1 saturated heterocycles.